The molecule has 1 aromatic rings. The van der Waals surface area contributed by atoms with Gasteiger partial charge in [-0.2, -0.15) is 5.10 Å². The van der Waals surface area contributed by atoms with Gasteiger partial charge in [0.1, 0.15) is 0 Å². The molecule has 1 heterocycles. The van der Waals surface area contributed by atoms with Crippen LogP contribution in [0.3, 0.4) is 0 Å². The summed E-state index contributed by atoms with van der Waals surface area (Å²) >= 11 is 0. The van der Waals surface area contributed by atoms with Gasteiger partial charge < -0.3 is 5.32 Å². The Morgan fingerprint density at radius 2 is 2.20 bits per heavy atom. The molecule has 3 nitrogen and oxygen atoms in total. The molecule has 0 amide bonds. The molecule has 1 fully saturated rings. The van der Waals surface area contributed by atoms with E-state index in [-0.39, 0.29) is 0 Å². The van der Waals surface area contributed by atoms with Crippen molar-refractivity contribution in [2.75, 3.05) is 0 Å². The van der Waals surface area contributed by atoms with Crippen molar-refractivity contribution in [3.63, 3.8) is 0 Å². The lowest BCUT2D eigenvalue weighted by molar-refractivity contribution is 0.0977. The number of rotatable bonds is 3. The molecule has 2 rings (SSSR count). The van der Waals surface area contributed by atoms with Crippen LogP contribution in [0.15, 0.2) is 12.3 Å². The standard InChI is InChI=1S/C12H21N3/c1-12(2,3)9-6-11(7-9)13-8-10-4-5-14-15-10/h4-5,9,11,13H,6-8H2,1-3H3,(H,14,15). The molecule has 0 bridgehead atoms. The number of nitrogens with zero attached hydrogens (tertiary/aromatic N) is 1. The highest BCUT2D eigenvalue weighted by Gasteiger charge is 2.36. The molecule has 1 aliphatic carbocycles. The van der Waals surface area contributed by atoms with Gasteiger partial charge >= 0.3 is 0 Å². The van der Waals surface area contributed by atoms with Crippen LogP contribution in [0.5, 0.6) is 0 Å². The molecule has 0 radical (unpaired) electrons. The van der Waals surface area contributed by atoms with Crippen molar-refractivity contribution in [2.24, 2.45) is 11.3 Å². The van der Waals surface area contributed by atoms with Crippen LogP contribution in [0.1, 0.15) is 39.3 Å². The highest BCUT2D eigenvalue weighted by molar-refractivity contribution is 4.99. The quantitative estimate of drug-likeness (QED) is 0.798. The molecule has 0 atom stereocenters. The maximum Gasteiger partial charge on any atom is 0.0490 e. The second-order valence-corrected chi connectivity index (χ2v) is 5.69. The van der Waals surface area contributed by atoms with E-state index in [1.165, 1.54) is 18.5 Å². The maximum atomic E-state index is 3.93. The normalized spacial score (nSPS) is 26.3. The zero-order valence-electron chi connectivity index (χ0n) is 9.88. The summed E-state index contributed by atoms with van der Waals surface area (Å²) in [6.07, 6.45) is 4.44. The first-order valence-electron chi connectivity index (χ1n) is 5.77. The predicted octanol–water partition coefficient (Wildman–Crippen LogP) is 2.32. The SMILES string of the molecule is CC(C)(C)C1CC(NCc2ccn[nH]2)C1. The molecular formula is C12H21N3. The molecule has 15 heavy (non-hydrogen) atoms. The van der Waals surface area contributed by atoms with Crippen molar-refractivity contribution in [1.29, 1.82) is 0 Å². The Morgan fingerprint density at radius 1 is 1.47 bits per heavy atom. The van der Waals surface area contributed by atoms with Gasteiger partial charge in [0, 0.05) is 24.5 Å². The monoisotopic (exact) mass is 207 g/mol. The van der Waals surface area contributed by atoms with E-state index >= 15 is 0 Å². The average molecular weight is 207 g/mol. The summed E-state index contributed by atoms with van der Waals surface area (Å²) in [6.45, 7) is 7.93. The van der Waals surface area contributed by atoms with E-state index in [0.717, 1.165) is 12.5 Å². The topological polar surface area (TPSA) is 40.7 Å². The highest BCUT2D eigenvalue weighted by Crippen LogP contribution is 2.41. The molecule has 0 unspecified atom stereocenters. The van der Waals surface area contributed by atoms with Crippen molar-refractivity contribution in [3.05, 3.63) is 18.0 Å². The van der Waals surface area contributed by atoms with Crippen molar-refractivity contribution in [2.45, 2.75) is 46.2 Å². The minimum atomic E-state index is 0.478. The minimum absolute atomic E-state index is 0.478. The summed E-state index contributed by atoms with van der Waals surface area (Å²) < 4.78 is 0. The Bertz CT molecular complexity index is 291. The molecule has 0 aromatic carbocycles. The maximum absolute atomic E-state index is 3.93. The summed E-state index contributed by atoms with van der Waals surface area (Å²) in [5.74, 6) is 0.886. The van der Waals surface area contributed by atoms with Crippen LogP contribution in [0, 0.1) is 11.3 Å². The fourth-order valence-corrected chi connectivity index (χ4v) is 2.13. The number of H-pyrrole nitrogens is 1. The van der Waals surface area contributed by atoms with E-state index in [1.54, 1.807) is 6.20 Å². The molecule has 1 aliphatic rings. The highest BCUT2D eigenvalue weighted by atomic mass is 15.1. The third-order valence-corrected chi connectivity index (χ3v) is 3.50. The van der Waals surface area contributed by atoms with E-state index in [1.807, 2.05) is 6.07 Å². The molecule has 1 saturated carbocycles. The molecule has 0 saturated heterocycles. The van der Waals surface area contributed by atoms with Crippen molar-refractivity contribution >= 4 is 0 Å². The number of aromatic amines is 1. The first-order valence-corrected chi connectivity index (χ1v) is 5.77. The molecular weight excluding hydrogens is 186 g/mol. The third-order valence-electron chi connectivity index (χ3n) is 3.50. The van der Waals surface area contributed by atoms with E-state index in [0.29, 0.717) is 11.5 Å². The molecule has 1 aromatic heterocycles. The summed E-state index contributed by atoms with van der Waals surface area (Å²) in [4.78, 5) is 0. The summed E-state index contributed by atoms with van der Waals surface area (Å²) in [5.41, 5.74) is 1.65. The first kappa shape index (κ1) is 10.7. The van der Waals surface area contributed by atoms with E-state index in [9.17, 15) is 0 Å². The van der Waals surface area contributed by atoms with Crippen LogP contribution in [0.4, 0.5) is 0 Å². The van der Waals surface area contributed by atoms with Crippen molar-refractivity contribution < 1.29 is 0 Å². The smallest absolute Gasteiger partial charge is 0.0490 e. The van der Waals surface area contributed by atoms with E-state index in [4.69, 9.17) is 0 Å². The number of aromatic nitrogens is 2. The Morgan fingerprint density at radius 3 is 2.73 bits per heavy atom. The third kappa shape index (κ3) is 2.59. The minimum Gasteiger partial charge on any atom is -0.308 e. The zero-order chi connectivity index (χ0) is 10.9. The Labute approximate surface area is 91.7 Å². The van der Waals surface area contributed by atoms with Gasteiger partial charge in [-0.15, -0.1) is 0 Å². The predicted molar refractivity (Wildman–Crippen MR) is 61.4 cm³/mol. The molecule has 3 heteroatoms. The van der Waals surface area contributed by atoms with E-state index in [2.05, 4.69) is 36.3 Å². The van der Waals surface area contributed by atoms with Gasteiger partial charge in [0.2, 0.25) is 0 Å². The number of hydrogen-bond acceptors (Lipinski definition) is 2. The van der Waals surface area contributed by atoms with Gasteiger partial charge in [0.05, 0.1) is 0 Å². The second-order valence-electron chi connectivity index (χ2n) is 5.69. The largest absolute Gasteiger partial charge is 0.308 e. The number of hydrogen-bond donors (Lipinski definition) is 2. The van der Waals surface area contributed by atoms with Crippen molar-refractivity contribution in [1.82, 2.24) is 15.5 Å². The van der Waals surface area contributed by atoms with Gasteiger partial charge in [-0.1, -0.05) is 20.8 Å². The molecule has 0 aliphatic heterocycles. The lowest BCUT2D eigenvalue weighted by atomic mass is 9.66. The van der Waals surface area contributed by atoms with Crippen LogP contribution in [-0.4, -0.2) is 16.2 Å². The number of nitrogens with one attached hydrogen (secondary N) is 2. The molecule has 2 N–H and O–H groups in total. The summed E-state index contributed by atoms with van der Waals surface area (Å²) in [6, 6.07) is 2.73. The summed E-state index contributed by atoms with van der Waals surface area (Å²) in [5, 5.41) is 10.5. The first-order chi connectivity index (χ1) is 7.05. The van der Waals surface area contributed by atoms with Crippen LogP contribution in [0.25, 0.3) is 0 Å². The lowest BCUT2D eigenvalue weighted by Crippen LogP contribution is -2.45. The zero-order valence-corrected chi connectivity index (χ0v) is 9.88. The second kappa shape index (κ2) is 3.97. The lowest BCUT2D eigenvalue weighted by Gasteiger charge is -2.44. The fraction of sp³-hybridized carbons (Fsp3) is 0.750. The Hall–Kier alpha value is -0.830. The average Bonchev–Trinajstić information content (AvgIpc) is 2.50. The molecule has 84 valence electrons. The van der Waals surface area contributed by atoms with Crippen LogP contribution < -0.4 is 5.32 Å². The molecule has 0 spiro atoms. The fourth-order valence-electron chi connectivity index (χ4n) is 2.13. The van der Waals surface area contributed by atoms with Gasteiger partial charge in [-0.3, -0.25) is 5.10 Å². The van der Waals surface area contributed by atoms with Crippen LogP contribution in [0.2, 0.25) is 0 Å². The Kier molecular flexibility index (Phi) is 2.83. The van der Waals surface area contributed by atoms with Crippen molar-refractivity contribution in [3.8, 4) is 0 Å². The van der Waals surface area contributed by atoms with Gasteiger partial charge in [-0.25, -0.2) is 0 Å². The Balaban J connectivity index is 1.68. The van der Waals surface area contributed by atoms with Crippen LogP contribution in [-0.2, 0) is 6.54 Å². The van der Waals surface area contributed by atoms with Gasteiger partial charge in [-0.05, 0) is 30.2 Å². The van der Waals surface area contributed by atoms with E-state index < -0.39 is 0 Å². The van der Waals surface area contributed by atoms with Gasteiger partial charge in [0.25, 0.3) is 0 Å². The van der Waals surface area contributed by atoms with Gasteiger partial charge in [0.15, 0.2) is 0 Å². The van der Waals surface area contributed by atoms with Crippen LogP contribution >= 0.6 is 0 Å². The summed E-state index contributed by atoms with van der Waals surface area (Å²) in [7, 11) is 0.